The largest absolute Gasteiger partial charge is 0.456 e. The highest BCUT2D eigenvalue weighted by Gasteiger charge is 2.16. The SMILES string of the molecule is [2H]c1c([2H])c([2H])c2c(Cc3c4c([2H])c([2H])c([2H])c([2H])c4c(-c4ccc(-c5ccc6c(c5)oc5ccccc56)cc4)c4c([2H])c([2H])c([2H])c([2H])c34)c([2H])c([2H])c([2H])c2c1[2H]. The molecule has 1 heteroatoms. The van der Waals surface area contributed by atoms with Crippen molar-refractivity contribution in [2.75, 3.05) is 0 Å². The van der Waals surface area contributed by atoms with E-state index in [1.54, 1.807) is 24.3 Å². The third-order valence-corrected chi connectivity index (χ3v) is 8.11. The Kier molecular flexibility index (Phi) is 3.22. The Morgan fingerprint density at radius 1 is 0.455 bits per heavy atom. The standard InChI is InChI=1S/C43H28O/c1-2-13-33-29(10-1)11-9-12-32(33)26-40-34-14-3-5-17-38(34)43(39-18-6-4-15-35(39)40)30-22-20-28(21-23-30)31-24-25-37-36-16-7-8-19-41(36)44-42(37)27-31/h1-25,27H,26H2/i1D,2D,3D,4D,5D,6D,9D,10D,11D,12D,13D,14D,15D,17D,18D. The first-order valence-electron chi connectivity index (χ1n) is 21.5. The molecule has 0 radical (unpaired) electrons. The summed E-state index contributed by atoms with van der Waals surface area (Å²) in [6.07, 6.45) is -0.551. The van der Waals surface area contributed by atoms with Gasteiger partial charge in [-0.25, -0.2) is 0 Å². The van der Waals surface area contributed by atoms with Gasteiger partial charge in [-0.2, -0.15) is 0 Å². The first kappa shape index (κ1) is 14.2. The van der Waals surface area contributed by atoms with E-state index in [4.69, 9.17) is 19.5 Å². The monoisotopic (exact) mass is 575 g/mol. The van der Waals surface area contributed by atoms with E-state index < -0.39 is 97.1 Å². The van der Waals surface area contributed by atoms with Crippen molar-refractivity contribution >= 4 is 54.3 Å². The molecule has 1 aromatic heterocycles. The Hall–Kier alpha value is -5.66. The molecule has 0 bridgehead atoms. The minimum Gasteiger partial charge on any atom is -0.456 e. The van der Waals surface area contributed by atoms with Gasteiger partial charge in [0.25, 0.3) is 0 Å². The van der Waals surface area contributed by atoms with E-state index in [0.717, 1.165) is 27.5 Å². The third-order valence-electron chi connectivity index (χ3n) is 8.11. The smallest absolute Gasteiger partial charge is 0.136 e. The van der Waals surface area contributed by atoms with Crippen molar-refractivity contribution in [1.29, 1.82) is 0 Å². The van der Waals surface area contributed by atoms with E-state index in [9.17, 15) is 5.48 Å². The number of rotatable bonds is 4. The van der Waals surface area contributed by atoms with Crippen molar-refractivity contribution in [1.82, 2.24) is 0 Å². The second-order valence-corrected chi connectivity index (χ2v) is 10.5. The summed E-state index contributed by atoms with van der Waals surface area (Å²) in [5.74, 6) is 0. The van der Waals surface area contributed by atoms with Crippen LogP contribution < -0.4 is 0 Å². The maximum atomic E-state index is 9.25. The Morgan fingerprint density at radius 3 is 1.82 bits per heavy atom. The summed E-state index contributed by atoms with van der Waals surface area (Å²) in [6.45, 7) is 0. The van der Waals surface area contributed by atoms with Gasteiger partial charge in [-0.3, -0.25) is 0 Å². The van der Waals surface area contributed by atoms with Crippen LogP contribution in [0.15, 0.2) is 162 Å². The van der Waals surface area contributed by atoms with Gasteiger partial charge in [0.15, 0.2) is 0 Å². The first-order chi connectivity index (χ1) is 28.0. The lowest BCUT2D eigenvalue weighted by Gasteiger charge is -2.18. The van der Waals surface area contributed by atoms with Crippen LogP contribution in [0, 0.1) is 0 Å². The lowest BCUT2D eigenvalue weighted by Crippen LogP contribution is -1.96. The van der Waals surface area contributed by atoms with Crippen molar-refractivity contribution in [3.63, 3.8) is 0 Å². The molecule has 0 N–H and O–H groups in total. The van der Waals surface area contributed by atoms with Gasteiger partial charge in [0.05, 0.1) is 20.6 Å². The van der Waals surface area contributed by atoms with Gasteiger partial charge >= 0.3 is 0 Å². The molecule has 9 aromatic rings. The molecule has 0 unspecified atom stereocenters. The van der Waals surface area contributed by atoms with Gasteiger partial charge in [0.1, 0.15) is 11.2 Å². The molecule has 206 valence electrons. The summed E-state index contributed by atoms with van der Waals surface area (Å²) in [6, 6.07) is 11.7. The fraction of sp³-hybridized carbons (Fsp3) is 0.0233. The molecule has 1 heterocycles. The van der Waals surface area contributed by atoms with Gasteiger partial charge in [0, 0.05) is 10.8 Å². The lowest BCUT2D eigenvalue weighted by molar-refractivity contribution is 0.669. The minimum absolute atomic E-state index is 0.0622. The topological polar surface area (TPSA) is 13.1 Å². The summed E-state index contributed by atoms with van der Waals surface area (Å²) < 4.78 is 138. The number of fused-ring (bicyclic) bond motifs is 6. The molecule has 9 rings (SSSR count). The van der Waals surface area contributed by atoms with Crippen molar-refractivity contribution in [2.24, 2.45) is 0 Å². The molecule has 0 saturated heterocycles. The number of hydrogen-bond donors (Lipinski definition) is 0. The molecule has 1 nitrogen and oxygen atoms in total. The molecular weight excluding hydrogens is 532 g/mol. The highest BCUT2D eigenvalue weighted by Crippen LogP contribution is 2.41. The van der Waals surface area contributed by atoms with E-state index in [-0.39, 0.29) is 49.0 Å². The minimum atomic E-state index is -0.657. The molecule has 0 aliphatic heterocycles. The zero-order valence-electron chi connectivity index (χ0n) is 38.0. The summed E-state index contributed by atoms with van der Waals surface area (Å²) in [5.41, 5.74) is 3.27. The van der Waals surface area contributed by atoms with Crippen LogP contribution in [0.3, 0.4) is 0 Å². The molecule has 0 aliphatic carbocycles. The number of benzene rings is 8. The molecule has 0 amide bonds. The van der Waals surface area contributed by atoms with Crippen LogP contribution >= 0.6 is 0 Å². The van der Waals surface area contributed by atoms with Crippen molar-refractivity contribution in [3.05, 3.63) is 168 Å². The Labute approximate surface area is 276 Å². The van der Waals surface area contributed by atoms with E-state index in [2.05, 4.69) is 0 Å². The van der Waals surface area contributed by atoms with Crippen LogP contribution in [0.2, 0.25) is 0 Å². The Balaban J connectivity index is 1.37. The van der Waals surface area contributed by atoms with E-state index >= 15 is 0 Å². The second-order valence-electron chi connectivity index (χ2n) is 10.5. The average molecular weight is 576 g/mol. The summed E-state index contributed by atoms with van der Waals surface area (Å²) in [4.78, 5) is 0. The summed E-state index contributed by atoms with van der Waals surface area (Å²) in [5, 5.41) is 0.970. The third kappa shape index (κ3) is 3.94. The number of furan rings is 1. The Morgan fingerprint density at radius 2 is 1.05 bits per heavy atom. The predicted molar refractivity (Wildman–Crippen MR) is 186 cm³/mol. The van der Waals surface area contributed by atoms with Crippen molar-refractivity contribution < 1.29 is 25.0 Å². The van der Waals surface area contributed by atoms with E-state index in [1.165, 1.54) is 0 Å². The summed E-state index contributed by atoms with van der Waals surface area (Å²) in [7, 11) is 0. The van der Waals surface area contributed by atoms with Crippen molar-refractivity contribution in [2.45, 2.75) is 6.42 Å². The van der Waals surface area contributed by atoms with Crippen LogP contribution in [0.25, 0.3) is 76.5 Å². The van der Waals surface area contributed by atoms with Gasteiger partial charge in [0.2, 0.25) is 0 Å². The fourth-order valence-corrected chi connectivity index (χ4v) is 6.08. The van der Waals surface area contributed by atoms with Gasteiger partial charge in [-0.15, -0.1) is 0 Å². The normalized spacial score (nSPS) is 16.5. The van der Waals surface area contributed by atoms with Crippen LogP contribution in [0.1, 0.15) is 31.7 Å². The number of para-hydroxylation sites is 1. The lowest BCUT2D eigenvalue weighted by atomic mass is 9.85. The molecule has 0 atom stereocenters. The first-order valence-corrected chi connectivity index (χ1v) is 14.0. The highest BCUT2D eigenvalue weighted by molar-refractivity contribution is 6.15. The molecule has 0 aliphatic rings. The quantitative estimate of drug-likeness (QED) is 0.190. The zero-order valence-corrected chi connectivity index (χ0v) is 23.0. The van der Waals surface area contributed by atoms with Crippen LogP contribution in [-0.2, 0) is 6.42 Å². The maximum Gasteiger partial charge on any atom is 0.136 e. The molecule has 8 aromatic carbocycles. The predicted octanol–water partition coefficient (Wildman–Crippen LogP) is 12.0. The molecule has 0 fully saturated rings. The van der Waals surface area contributed by atoms with Crippen LogP contribution in [0.4, 0.5) is 0 Å². The van der Waals surface area contributed by atoms with E-state index in [1.807, 2.05) is 42.5 Å². The fourth-order valence-electron chi connectivity index (χ4n) is 6.08. The maximum absolute atomic E-state index is 9.25. The van der Waals surface area contributed by atoms with Crippen LogP contribution in [0.5, 0.6) is 0 Å². The Bertz CT molecular complexity index is 3260. The summed E-state index contributed by atoms with van der Waals surface area (Å²) >= 11 is 0. The molecule has 0 spiro atoms. The molecule has 0 saturated carbocycles. The number of hydrogen-bond acceptors (Lipinski definition) is 1. The highest BCUT2D eigenvalue weighted by atomic mass is 16.3. The van der Waals surface area contributed by atoms with Crippen LogP contribution in [-0.4, -0.2) is 0 Å². The van der Waals surface area contributed by atoms with Gasteiger partial charge in [-0.1, -0.05) is 139 Å². The van der Waals surface area contributed by atoms with Gasteiger partial charge < -0.3 is 4.42 Å². The van der Waals surface area contributed by atoms with Crippen molar-refractivity contribution in [3.8, 4) is 22.3 Å². The second kappa shape index (κ2) is 9.97. The average Bonchev–Trinajstić information content (AvgIpc) is 3.62. The van der Waals surface area contributed by atoms with Gasteiger partial charge in [-0.05, 0) is 90.3 Å². The molecular formula is C43H28O. The van der Waals surface area contributed by atoms with E-state index in [0.29, 0.717) is 11.1 Å². The molecule has 44 heavy (non-hydrogen) atoms. The zero-order chi connectivity index (χ0) is 42.1.